The monoisotopic (exact) mass is 409 g/mol. The van der Waals surface area contributed by atoms with Gasteiger partial charge in [0.05, 0.1) is 22.8 Å². The molecule has 0 unspecified atom stereocenters. The van der Waals surface area contributed by atoms with Gasteiger partial charge in [0.25, 0.3) is 5.69 Å². The first-order valence-electron chi connectivity index (χ1n) is 7.36. The fourth-order valence-corrected chi connectivity index (χ4v) is 2.87. The maximum absolute atomic E-state index is 13.4. The SMILES string of the molecule is O=C1OCCN1c1cc([N+](=O)[O-])ccc1NCc1cc(F)ccc1Br. The summed E-state index contributed by atoms with van der Waals surface area (Å²) in [5.74, 6) is -0.368. The van der Waals surface area contributed by atoms with E-state index in [4.69, 9.17) is 4.74 Å². The van der Waals surface area contributed by atoms with Gasteiger partial charge in [0.1, 0.15) is 12.4 Å². The van der Waals surface area contributed by atoms with E-state index in [-0.39, 0.29) is 24.7 Å². The molecule has 1 heterocycles. The molecule has 25 heavy (non-hydrogen) atoms. The fourth-order valence-electron chi connectivity index (χ4n) is 2.49. The Bertz CT molecular complexity index is 846. The minimum Gasteiger partial charge on any atom is -0.447 e. The number of carbonyl (C=O) groups is 1. The maximum atomic E-state index is 13.4. The van der Waals surface area contributed by atoms with Crippen LogP contribution >= 0.6 is 15.9 Å². The third-order valence-electron chi connectivity index (χ3n) is 3.72. The second-order valence-corrected chi connectivity index (χ2v) is 6.17. The molecule has 0 bridgehead atoms. The molecule has 1 N–H and O–H groups in total. The van der Waals surface area contributed by atoms with Crippen LogP contribution in [0.2, 0.25) is 0 Å². The number of non-ortho nitro benzene ring substituents is 1. The summed E-state index contributed by atoms with van der Waals surface area (Å²) in [6.07, 6.45) is -0.560. The number of halogens is 2. The molecule has 0 aliphatic carbocycles. The van der Waals surface area contributed by atoms with Crippen LogP contribution in [0.4, 0.5) is 26.2 Å². The number of nitrogens with zero attached hydrogens (tertiary/aromatic N) is 2. The molecule has 7 nitrogen and oxygen atoms in total. The van der Waals surface area contributed by atoms with Gasteiger partial charge >= 0.3 is 6.09 Å². The normalized spacial score (nSPS) is 13.7. The second-order valence-electron chi connectivity index (χ2n) is 5.31. The fraction of sp³-hybridized carbons (Fsp3) is 0.188. The van der Waals surface area contributed by atoms with Crippen LogP contribution in [-0.4, -0.2) is 24.2 Å². The number of nitrogens with one attached hydrogen (secondary N) is 1. The summed E-state index contributed by atoms with van der Waals surface area (Å²) < 4.78 is 19.0. The molecule has 1 saturated heterocycles. The van der Waals surface area contributed by atoms with Crippen molar-refractivity contribution in [1.29, 1.82) is 0 Å². The van der Waals surface area contributed by atoms with Crippen LogP contribution in [0.3, 0.4) is 0 Å². The predicted molar refractivity (Wildman–Crippen MR) is 93.2 cm³/mol. The Morgan fingerprint density at radius 3 is 2.80 bits per heavy atom. The highest BCUT2D eigenvalue weighted by atomic mass is 79.9. The molecule has 1 fully saturated rings. The zero-order valence-electron chi connectivity index (χ0n) is 12.9. The number of rotatable bonds is 5. The Hall–Kier alpha value is -2.68. The van der Waals surface area contributed by atoms with Crippen LogP contribution in [0, 0.1) is 15.9 Å². The Balaban J connectivity index is 1.90. The van der Waals surface area contributed by atoms with Crippen LogP contribution in [0.5, 0.6) is 0 Å². The number of hydrogen-bond donors (Lipinski definition) is 1. The van der Waals surface area contributed by atoms with Crippen LogP contribution in [-0.2, 0) is 11.3 Å². The third kappa shape index (κ3) is 3.71. The lowest BCUT2D eigenvalue weighted by Gasteiger charge is -2.18. The van der Waals surface area contributed by atoms with Crippen molar-refractivity contribution in [1.82, 2.24) is 0 Å². The van der Waals surface area contributed by atoms with E-state index in [1.807, 2.05) is 0 Å². The summed E-state index contributed by atoms with van der Waals surface area (Å²) in [4.78, 5) is 23.7. The highest BCUT2D eigenvalue weighted by Crippen LogP contribution is 2.33. The first-order valence-corrected chi connectivity index (χ1v) is 8.15. The first kappa shape index (κ1) is 17.2. The van der Waals surface area contributed by atoms with E-state index in [1.165, 1.54) is 35.2 Å². The van der Waals surface area contributed by atoms with E-state index in [0.717, 1.165) is 4.47 Å². The standard InChI is InChI=1S/C16H13BrFN3O4/c17-13-3-1-11(18)7-10(13)9-19-14-4-2-12(21(23)24)8-15(14)20-5-6-25-16(20)22/h1-4,7-8,19H,5-6,9H2. The van der Waals surface area contributed by atoms with Crippen molar-refractivity contribution in [2.75, 3.05) is 23.4 Å². The molecule has 130 valence electrons. The number of anilines is 2. The lowest BCUT2D eigenvalue weighted by molar-refractivity contribution is -0.384. The Morgan fingerprint density at radius 1 is 1.32 bits per heavy atom. The van der Waals surface area contributed by atoms with Gasteiger partial charge in [-0.3, -0.25) is 15.0 Å². The molecular weight excluding hydrogens is 397 g/mol. The average Bonchev–Trinajstić information content (AvgIpc) is 3.01. The van der Waals surface area contributed by atoms with Crippen molar-refractivity contribution in [3.05, 3.63) is 62.4 Å². The van der Waals surface area contributed by atoms with Crippen LogP contribution < -0.4 is 10.2 Å². The molecule has 1 aliphatic heterocycles. The topological polar surface area (TPSA) is 84.7 Å². The number of carbonyl (C=O) groups excluding carboxylic acids is 1. The summed E-state index contributed by atoms with van der Waals surface area (Å²) in [7, 11) is 0. The Kier molecular flexibility index (Phi) is 4.84. The van der Waals surface area contributed by atoms with Gasteiger partial charge in [-0.1, -0.05) is 15.9 Å². The van der Waals surface area contributed by atoms with Crippen molar-refractivity contribution >= 4 is 39.1 Å². The van der Waals surface area contributed by atoms with E-state index in [0.29, 0.717) is 23.5 Å². The molecule has 2 aromatic rings. The summed E-state index contributed by atoms with van der Waals surface area (Å²) in [6, 6.07) is 8.49. The summed E-state index contributed by atoms with van der Waals surface area (Å²) in [5.41, 5.74) is 1.41. The van der Waals surface area contributed by atoms with Gasteiger partial charge < -0.3 is 10.1 Å². The molecule has 0 saturated carbocycles. The Morgan fingerprint density at radius 2 is 2.12 bits per heavy atom. The number of ether oxygens (including phenoxy) is 1. The minimum atomic E-state index is -0.560. The molecule has 2 aromatic carbocycles. The van der Waals surface area contributed by atoms with E-state index >= 15 is 0 Å². The van der Waals surface area contributed by atoms with Crippen molar-refractivity contribution in [2.24, 2.45) is 0 Å². The summed E-state index contributed by atoms with van der Waals surface area (Å²) in [5, 5.41) is 14.1. The minimum absolute atomic E-state index is 0.132. The van der Waals surface area contributed by atoms with Crippen LogP contribution in [0.15, 0.2) is 40.9 Å². The van der Waals surface area contributed by atoms with Gasteiger partial charge in [-0.05, 0) is 29.8 Å². The number of amides is 1. The van der Waals surface area contributed by atoms with E-state index in [9.17, 15) is 19.3 Å². The molecule has 9 heteroatoms. The predicted octanol–water partition coefficient (Wildman–Crippen LogP) is 4.07. The van der Waals surface area contributed by atoms with E-state index < -0.39 is 11.0 Å². The lowest BCUT2D eigenvalue weighted by atomic mass is 10.2. The summed E-state index contributed by atoms with van der Waals surface area (Å²) in [6.45, 7) is 0.792. The number of nitro groups is 1. The quantitative estimate of drug-likeness (QED) is 0.594. The molecule has 0 atom stereocenters. The molecule has 0 radical (unpaired) electrons. The van der Waals surface area contributed by atoms with Gasteiger partial charge in [-0.15, -0.1) is 0 Å². The first-order chi connectivity index (χ1) is 12.0. The lowest BCUT2D eigenvalue weighted by Crippen LogP contribution is -2.24. The molecule has 1 amide bonds. The van der Waals surface area contributed by atoms with E-state index in [2.05, 4.69) is 21.2 Å². The van der Waals surface area contributed by atoms with Gasteiger partial charge in [0.2, 0.25) is 0 Å². The zero-order valence-corrected chi connectivity index (χ0v) is 14.5. The van der Waals surface area contributed by atoms with Crippen LogP contribution in [0.1, 0.15) is 5.56 Å². The summed E-state index contributed by atoms with van der Waals surface area (Å²) >= 11 is 3.35. The molecule has 0 aromatic heterocycles. The van der Waals surface area contributed by atoms with Gasteiger partial charge in [0.15, 0.2) is 0 Å². The van der Waals surface area contributed by atoms with Gasteiger partial charge in [0, 0.05) is 23.2 Å². The van der Waals surface area contributed by atoms with Crippen LogP contribution in [0.25, 0.3) is 0 Å². The highest BCUT2D eigenvalue weighted by Gasteiger charge is 2.27. The van der Waals surface area contributed by atoms with Crippen molar-refractivity contribution in [3.8, 4) is 0 Å². The molecule has 1 aliphatic rings. The number of benzene rings is 2. The third-order valence-corrected chi connectivity index (χ3v) is 4.49. The highest BCUT2D eigenvalue weighted by molar-refractivity contribution is 9.10. The van der Waals surface area contributed by atoms with E-state index in [1.54, 1.807) is 6.07 Å². The largest absolute Gasteiger partial charge is 0.447 e. The number of hydrogen-bond acceptors (Lipinski definition) is 5. The smallest absolute Gasteiger partial charge is 0.414 e. The zero-order chi connectivity index (χ0) is 18.0. The van der Waals surface area contributed by atoms with Gasteiger partial charge in [-0.25, -0.2) is 9.18 Å². The van der Waals surface area contributed by atoms with Crippen molar-refractivity contribution in [2.45, 2.75) is 6.54 Å². The van der Waals surface area contributed by atoms with Crippen molar-refractivity contribution in [3.63, 3.8) is 0 Å². The second kappa shape index (κ2) is 7.06. The molecular formula is C16H13BrFN3O4. The van der Waals surface area contributed by atoms with Gasteiger partial charge in [-0.2, -0.15) is 0 Å². The molecule has 0 spiro atoms. The molecule has 3 rings (SSSR count). The van der Waals surface area contributed by atoms with Crippen molar-refractivity contribution < 1.29 is 18.8 Å². The number of cyclic esters (lactones) is 1. The average molecular weight is 410 g/mol. The number of nitro benzene ring substituents is 1. The maximum Gasteiger partial charge on any atom is 0.414 e. The Labute approximate surface area is 150 Å².